The number of nitrogens with one attached hydrogen (secondary N) is 2. The topological polar surface area (TPSA) is 93.6 Å². The molecule has 3 N–H and O–H groups in total. The number of aromatic nitrogens is 2. The Morgan fingerprint density at radius 3 is 2.59 bits per heavy atom. The van der Waals surface area contributed by atoms with E-state index in [0.717, 1.165) is 35.1 Å². The van der Waals surface area contributed by atoms with Gasteiger partial charge in [0.1, 0.15) is 11.4 Å². The number of aromatic hydroxyl groups is 1. The quantitative estimate of drug-likeness (QED) is 0.298. The van der Waals surface area contributed by atoms with Crippen LogP contribution in [0.1, 0.15) is 29.9 Å². The maximum Gasteiger partial charge on any atom is 0.289 e. The van der Waals surface area contributed by atoms with Crippen molar-refractivity contribution in [2.45, 2.75) is 13.8 Å². The predicted molar refractivity (Wildman–Crippen MR) is 128 cm³/mol. The number of hydrazone groups is 1. The Morgan fingerprint density at radius 1 is 1.06 bits per heavy atom. The van der Waals surface area contributed by atoms with Crippen LogP contribution in [0.15, 0.2) is 71.8 Å². The molecule has 0 spiro atoms. The lowest BCUT2D eigenvalue weighted by Crippen LogP contribution is -2.21. The third-order valence-corrected chi connectivity index (χ3v) is 5.38. The number of benzene rings is 3. The number of carbonyl (C=O) groups is 1. The molecule has 0 radical (unpaired) electrons. The van der Waals surface area contributed by atoms with Gasteiger partial charge in [-0.15, -0.1) is 0 Å². The van der Waals surface area contributed by atoms with Gasteiger partial charge < -0.3 is 10.0 Å². The number of phenols is 1. The lowest BCUT2D eigenvalue weighted by Gasteiger charge is -2.21. The number of H-pyrrole nitrogens is 1. The van der Waals surface area contributed by atoms with E-state index >= 15 is 0 Å². The molecule has 7 nitrogen and oxygen atoms in total. The standard InChI is InChI=1S/C25H25N5O2/c1-3-30(4-2)21-12-11-20(24(31)14-21)16-26-29-25(32)23-15-22(27-28-23)19-10-9-17-7-5-6-8-18(17)13-19/h5-16,31H,3-4H2,1-2H3,(H,27,28)(H,29,32). The zero-order valence-corrected chi connectivity index (χ0v) is 18.0. The zero-order valence-electron chi connectivity index (χ0n) is 18.0. The zero-order chi connectivity index (χ0) is 22.5. The van der Waals surface area contributed by atoms with Crippen molar-refractivity contribution in [3.63, 3.8) is 0 Å². The number of hydrogen-bond donors (Lipinski definition) is 3. The summed E-state index contributed by atoms with van der Waals surface area (Å²) in [5.74, 6) is -0.312. The number of anilines is 1. The molecule has 32 heavy (non-hydrogen) atoms. The molecule has 0 saturated carbocycles. The van der Waals surface area contributed by atoms with Gasteiger partial charge in [0.25, 0.3) is 5.91 Å². The van der Waals surface area contributed by atoms with Crippen LogP contribution in [0, 0.1) is 0 Å². The molecule has 0 aliphatic heterocycles. The first kappa shape index (κ1) is 21.1. The van der Waals surface area contributed by atoms with Crippen molar-refractivity contribution in [1.82, 2.24) is 15.6 Å². The van der Waals surface area contributed by atoms with E-state index < -0.39 is 5.91 Å². The first-order valence-electron chi connectivity index (χ1n) is 10.5. The Labute approximate surface area is 186 Å². The SMILES string of the molecule is CCN(CC)c1ccc(C=NNC(=O)c2cc(-c3ccc4ccccc4c3)n[nH]2)c(O)c1. The molecule has 1 aromatic heterocycles. The highest BCUT2D eigenvalue weighted by Gasteiger charge is 2.11. The number of rotatable bonds is 7. The van der Waals surface area contributed by atoms with E-state index in [-0.39, 0.29) is 5.75 Å². The van der Waals surface area contributed by atoms with E-state index in [4.69, 9.17) is 0 Å². The van der Waals surface area contributed by atoms with Gasteiger partial charge in [0, 0.05) is 36.0 Å². The average molecular weight is 428 g/mol. The number of carbonyl (C=O) groups excluding carboxylic acids is 1. The highest BCUT2D eigenvalue weighted by Crippen LogP contribution is 2.24. The number of aromatic amines is 1. The molecule has 162 valence electrons. The summed E-state index contributed by atoms with van der Waals surface area (Å²) in [6.45, 7) is 5.83. The van der Waals surface area contributed by atoms with E-state index in [1.165, 1.54) is 6.21 Å². The Hall–Kier alpha value is -4.13. The molecule has 0 fully saturated rings. The van der Waals surface area contributed by atoms with Gasteiger partial charge in [-0.1, -0.05) is 36.4 Å². The molecule has 7 heteroatoms. The molecule has 1 heterocycles. The van der Waals surface area contributed by atoms with Crippen molar-refractivity contribution >= 4 is 28.6 Å². The summed E-state index contributed by atoms with van der Waals surface area (Å²) in [4.78, 5) is 14.6. The molecule has 4 rings (SSSR count). The van der Waals surface area contributed by atoms with Gasteiger partial charge in [0.15, 0.2) is 0 Å². The van der Waals surface area contributed by atoms with E-state index in [1.807, 2.05) is 42.5 Å². The van der Waals surface area contributed by atoms with E-state index in [1.54, 1.807) is 18.2 Å². The Bertz CT molecular complexity index is 1270. The van der Waals surface area contributed by atoms with Gasteiger partial charge in [0.05, 0.1) is 11.9 Å². The van der Waals surface area contributed by atoms with Gasteiger partial charge in [-0.05, 0) is 48.9 Å². The molecule has 0 aliphatic carbocycles. The van der Waals surface area contributed by atoms with Gasteiger partial charge >= 0.3 is 0 Å². The molecule has 0 atom stereocenters. The second-order valence-corrected chi connectivity index (χ2v) is 7.34. The summed E-state index contributed by atoms with van der Waals surface area (Å²) in [7, 11) is 0. The summed E-state index contributed by atoms with van der Waals surface area (Å²) in [5, 5.41) is 23.5. The van der Waals surface area contributed by atoms with Crippen LogP contribution in [0.3, 0.4) is 0 Å². The number of phenolic OH excluding ortho intramolecular Hbond substituents is 1. The lowest BCUT2D eigenvalue weighted by atomic mass is 10.1. The van der Waals surface area contributed by atoms with E-state index in [0.29, 0.717) is 17.0 Å². The van der Waals surface area contributed by atoms with Crippen molar-refractivity contribution in [3.8, 4) is 17.0 Å². The second kappa shape index (κ2) is 9.34. The third-order valence-electron chi connectivity index (χ3n) is 5.38. The first-order valence-corrected chi connectivity index (χ1v) is 10.5. The van der Waals surface area contributed by atoms with Crippen LogP contribution in [0.5, 0.6) is 5.75 Å². The molecular weight excluding hydrogens is 402 g/mol. The minimum Gasteiger partial charge on any atom is -0.507 e. The van der Waals surface area contributed by atoms with Gasteiger partial charge in [-0.25, -0.2) is 5.43 Å². The second-order valence-electron chi connectivity index (χ2n) is 7.34. The minimum atomic E-state index is -0.417. The monoisotopic (exact) mass is 427 g/mol. The summed E-state index contributed by atoms with van der Waals surface area (Å²) < 4.78 is 0. The largest absolute Gasteiger partial charge is 0.507 e. The Kier molecular flexibility index (Phi) is 6.17. The van der Waals surface area contributed by atoms with Gasteiger partial charge in [-0.3, -0.25) is 9.89 Å². The average Bonchev–Trinajstić information content (AvgIpc) is 3.31. The highest BCUT2D eigenvalue weighted by atomic mass is 16.3. The van der Waals surface area contributed by atoms with Crippen molar-refractivity contribution in [3.05, 3.63) is 78.0 Å². The number of amides is 1. The normalized spacial score (nSPS) is 11.2. The molecular formula is C25H25N5O2. The van der Waals surface area contributed by atoms with Crippen LogP contribution in [0.25, 0.3) is 22.0 Å². The summed E-state index contributed by atoms with van der Waals surface area (Å²) in [6.07, 6.45) is 1.42. The predicted octanol–water partition coefficient (Wildman–Crippen LogP) is 4.55. The van der Waals surface area contributed by atoms with Crippen molar-refractivity contribution in [2.75, 3.05) is 18.0 Å². The Morgan fingerprint density at radius 2 is 1.84 bits per heavy atom. The maximum absolute atomic E-state index is 12.4. The van der Waals surface area contributed by atoms with Crippen molar-refractivity contribution in [2.24, 2.45) is 5.10 Å². The van der Waals surface area contributed by atoms with Crippen LogP contribution < -0.4 is 10.3 Å². The number of hydrogen-bond acceptors (Lipinski definition) is 5. The van der Waals surface area contributed by atoms with Crippen LogP contribution in [0.4, 0.5) is 5.69 Å². The molecule has 0 unspecified atom stereocenters. The van der Waals surface area contributed by atoms with Crippen molar-refractivity contribution in [1.29, 1.82) is 0 Å². The molecule has 4 aromatic rings. The molecule has 1 amide bonds. The summed E-state index contributed by atoms with van der Waals surface area (Å²) in [6, 6.07) is 21.2. The van der Waals surface area contributed by atoms with Crippen LogP contribution >= 0.6 is 0 Å². The highest BCUT2D eigenvalue weighted by molar-refractivity contribution is 5.95. The third kappa shape index (κ3) is 4.46. The lowest BCUT2D eigenvalue weighted by molar-refractivity contribution is 0.0950. The fraction of sp³-hybridized carbons (Fsp3) is 0.160. The van der Waals surface area contributed by atoms with Crippen LogP contribution in [0.2, 0.25) is 0 Å². The minimum absolute atomic E-state index is 0.104. The fourth-order valence-electron chi connectivity index (χ4n) is 3.58. The van der Waals surface area contributed by atoms with Gasteiger partial charge in [0.2, 0.25) is 0 Å². The number of fused-ring (bicyclic) bond motifs is 1. The van der Waals surface area contributed by atoms with Gasteiger partial charge in [-0.2, -0.15) is 10.2 Å². The summed E-state index contributed by atoms with van der Waals surface area (Å²) >= 11 is 0. The number of nitrogens with zero attached hydrogens (tertiary/aromatic N) is 3. The molecule has 3 aromatic carbocycles. The van der Waals surface area contributed by atoms with Crippen LogP contribution in [-0.4, -0.2) is 40.5 Å². The maximum atomic E-state index is 12.4. The first-order chi connectivity index (χ1) is 15.6. The van der Waals surface area contributed by atoms with Crippen molar-refractivity contribution < 1.29 is 9.90 Å². The smallest absolute Gasteiger partial charge is 0.289 e. The molecule has 0 bridgehead atoms. The fourth-order valence-corrected chi connectivity index (χ4v) is 3.58. The van der Waals surface area contributed by atoms with E-state index in [9.17, 15) is 9.90 Å². The Balaban J connectivity index is 1.43. The summed E-state index contributed by atoms with van der Waals surface area (Å²) in [5.41, 5.74) is 5.81. The molecule has 0 saturated heterocycles. The molecule has 0 aliphatic rings. The van der Waals surface area contributed by atoms with E-state index in [2.05, 4.69) is 45.5 Å². The van der Waals surface area contributed by atoms with Crippen LogP contribution in [-0.2, 0) is 0 Å².